The van der Waals surface area contributed by atoms with Crippen molar-refractivity contribution in [2.45, 2.75) is 70.0 Å². The van der Waals surface area contributed by atoms with E-state index in [9.17, 15) is 9.59 Å². The van der Waals surface area contributed by atoms with Crippen molar-refractivity contribution in [2.75, 3.05) is 4.90 Å². The molecule has 1 N–H and O–H groups in total. The van der Waals surface area contributed by atoms with Crippen LogP contribution in [0.3, 0.4) is 0 Å². The molecule has 2 amide bonds. The number of nitrogens with one attached hydrogen (secondary N) is 1. The zero-order valence-corrected chi connectivity index (χ0v) is 19.8. The molecule has 1 atom stereocenters. The summed E-state index contributed by atoms with van der Waals surface area (Å²) in [6, 6.07) is 11.3. The van der Waals surface area contributed by atoms with E-state index < -0.39 is 5.54 Å². The number of carbonyl (C=O) groups excluding carboxylic acids is 2. The van der Waals surface area contributed by atoms with E-state index in [1.807, 2.05) is 41.1 Å². The summed E-state index contributed by atoms with van der Waals surface area (Å²) in [6.45, 7) is 2.28. The van der Waals surface area contributed by atoms with Crippen LogP contribution in [-0.2, 0) is 11.3 Å². The molecule has 0 spiro atoms. The van der Waals surface area contributed by atoms with Gasteiger partial charge in [0.05, 0.1) is 16.8 Å². The molecule has 1 saturated carbocycles. The lowest BCUT2D eigenvalue weighted by atomic mass is 9.91. The van der Waals surface area contributed by atoms with Gasteiger partial charge in [-0.25, -0.2) is 0 Å². The Kier molecular flexibility index (Phi) is 5.76. The minimum absolute atomic E-state index is 0.0980. The Hall–Kier alpha value is -2.31. The van der Waals surface area contributed by atoms with Gasteiger partial charge in [0.2, 0.25) is 5.91 Å². The molecule has 2 aliphatic rings. The van der Waals surface area contributed by atoms with Crippen molar-refractivity contribution in [1.29, 1.82) is 0 Å². The van der Waals surface area contributed by atoms with Crippen LogP contribution in [0.2, 0.25) is 5.02 Å². The topological polar surface area (TPSA) is 54.3 Å². The van der Waals surface area contributed by atoms with Gasteiger partial charge in [-0.3, -0.25) is 14.5 Å². The molecule has 168 valence electrons. The maximum Gasteiger partial charge on any atom is 0.275 e. The molecule has 3 aromatic rings. The second-order valence-corrected chi connectivity index (χ2v) is 10.6. The normalized spacial score (nSPS) is 22.4. The summed E-state index contributed by atoms with van der Waals surface area (Å²) in [4.78, 5) is 29.3. The van der Waals surface area contributed by atoms with Gasteiger partial charge in [0.15, 0.2) is 0 Å². The van der Waals surface area contributed by atoms with Crippen LogP contribution in [0.15, 0.2) is 41.8 Å². The Morgan fingerprint density at radius 2 is 1.88 bits per heavy atom. The van der Waals surface area contributed by atoms with E-state index in [1.165, 1.54) is 19.3 Å². The number of rotatable bonds is 3. The van der Waals surface area contributed by atoms with Crippen molar-refractivity contribution in [3.05, 3.63) is 52.5 Å². The number of hydrogen-bond acceptors (Lipinski definition) is 3. The van der Waals surface area contributed by atoms with Crippen LogP contribution < -0.4 is 10.2 Å². The summed E-state index contributed by atoms with van der Waals surface area (Å²) < 4.78 is 3.07. The second kappa shape index (κ2) is 8.56. The van der Waals surface area contributed by atoms with Gasteiger partial charge in [-0.05, 0) is 55.5 Å². The monoisotopic (exact) mass is 469 g/mol. The molecule has 5 nitrogen and oxygen atoms in total. The highest BCUT2D eigenvalue weighted by atomic mass is 35.5. The number of thiophene rings is 1. The minimum Gasteiger partial charge on any atom is -0.351 e. The van der Waals surface area contributed by atoms with E-state index in [4.69, 9.17) is 11.6 Å². The van der Waals surface area contributed by atoms with Crippen LogP contribution in [-0.4, -0.2) is 28.0 Å². The number of nitrogens with zero attached hydrogens (tertiary/aromatic N) is 2. The number of amides is 2. The first-order valence-electron chi connectivity index (χ1n) is 11.5. The second-order valence-electron chi connectivity index (χ2n) is 9.20. The molecule has 7 heteroatoms. The summed E-state index contributed by atoms with van der Waals surface area (Å²) >= 11 is 7.89. The SMILES string of the molecule is C[C@@]1(C(=O)NC2CCCCCCC2)Cn2c(cc3sccc32)C(=O)N1c1cccc(Cl)c1. The number of halogens is 1. The predicted octanol–water partition coefficient (Wildman–Crippen LogP) is 6.00. The van der Waals surface area contributed by atoms with Crippen molar-refractivity contribution < 1.29 is 9.59 Å². The number of benzene rings is 1. The molecule has 1 aromatic carbocycles. The fraction of sp³-hybridized carbons (Fsp3) is 0.440. The third-order valence-electron chi connectivity index (χ3n) is 6.90. The van der Waals surface area contributed by atoms with Crippen LogP contribution in [0.1, 0.15) is 62.4 Å². The van der Waals surface area contributed by atoms with E-state index in [-0.39, 0.29) is 17.9 Å². The van der Waals surface area contributed by atoms with Gasteiger partial charge in [-0.1, -0.05) is 49.8 Å². The Bertz CT molecular complexity index is 1160. The van der Waals surface area contributed by atoms with Crippen molar-refractivity contribution >= 4 is 50.7 Å². The summed E-state index contributed by atoms with van der Waals surface area (Å²) in [5.74, 6) is -0.267. The fourth-order valence-electron chi connectivity index (χ4n) is 5.17. The van der Waals surface area contributed by atoms with Crippen LogP contribution in [0.5, 0.6) is 0 Å². The standard InChI is InChI=1S/C25H28ClN3O2S/c1-25(24(31)27-18-9-5-3-2-4-6-10-18)16-28-20-12-13-32-22(20)15-21(28)23(30)29(25)19-11-7-8-17(26)14-19/h7-8,11-15,18H,2-6,9-10,16H2,1H3,(H,27,31)/t25-/m0/s1. The smallest absolute Gasteiger partial charge is 0.275 e. The van der Waals surface area contributed by atoms with Crippen LogP contribution in [0, 0.1) is 0 Å². The van der Waals surface area contributed by atoms with Gasteiger partial charge in [0.1, 0.15) is 11.2 Å². The summed E-state index contributed by atoms with van der Waals surface area (Å²) in [5.41, 5.74) is 1.20. The fourth-order valence-corrected chi connectivity index (χ4v) is 6.18. The Morgan fingerprint density at radius 1 is 1.12 bits per heavy atom. The van der Waals surface area contributed by atoms with Gasteiger partial charge in [0.25, 0.3) is 5.91 Å². The summed E-state index contributed by atoms with van der Waals surface area (Å²) in [7, 11) is 0. The number of hydrogen-bond donors (Lipinski definition) is 1. The molecule has 0 radical (unpaired) electrons. The molecule has 2 aromatic heterocycles. The Morgan fingerprint density at radius 3 is 2.62 bits per heavy atom. The van der Waals surface area contributed by atoms with Crippen LogP contribution >= 0.6 is 22.9 Å². The molecule has 1 fully saturated rings. The molecule has 0 unspecified atom stereocenters. The molecule has 3 heterocycles. The summed E-state index contributed by atoms with van der Waals surface area (Å²) in [5, 5.41) is 5.89. The van der Waals surface area contributed by atoms with Gasteiger partial charge in [-0.2, -0.15) is 0 Å². The van der Waals surface area contributed by atoms with E-state index in [0.717, 1.165) is 35.9 Å². The molecule has 5 rings (SSSR count). The quantitative estimate of drug-likeness (QED) is 0.511. The van der Waals surface area contributed by atoms with Crippen molar-refractivity contribution in [1.82, 2.24) is 9.88 Å². The zero-order chi connectivity index (χ0) is 22.3. The highest BCUT2D eigenvalue weighted by Gasteiger charge is 2.49. The van der Waals surface area contributed by atoms with Crippen LogP contribution in [0.4, 0.5) is 5.69 Å². The van der Waals surface area contributed by atoms with E-state index in [0.29, 0.717) is 22.9 Å². The van der Waals surface area contributed by atoms with Crippen molar-refractivity contribution in [3.63, 3.8) is 0 Å². The lowest BCUT2D eigenvalue weighted by Crippen LogP contribution is -2.65. The number of carbonyl (C=O) groups is 2. The van der Waals surface area contributed by atoms with Crippen molar-refractivity contribution in [3.8, 4) is 0 Å². The van der Waals surface area contributed by atoms with Gasteiger partial charge >= 0.3 is 0 Å². The Labute approximate surface area is 197 Å². The maximum absolute atomic E-state index is 13.9. The lowest BCUT2D eigenvalue weighted by molar-refractivity contribution is -0.127. The van der Waals surface area contributed by atoms with E-state index in [1.54, 1.807) is 28.4 Å². The highest BCUT2D eigenvalue weighted by Crippen LogP contribution is 2.38. The first kappa shape index (κ1) is 21.5. The Balaban J connectivity index is 1.55. The van der Waals surface area contributed by atoms with E-state index >= 15 is 0 Å². The zero-order valence-electron chi connectivity index (χ0n) is 18.3. The third-order valence-corrected chi connectivity index (χ3v) is 7.99. The first-order chi connectivity index (χ1) is 15.5. The average molecular weight is 470 g/mol. The number of fused-ring (bicyclic) bond motifs is 3. The molecule has 1 aliphatic heterocycles. The van der Waals surface area contributed by atoms with E-state index in [2.05, 4.69) is 5.32 Å². The molecular weight excluding hydrogens is 442 g/mol. The summed E-state index contributed by atoms with van der Waals surface area (Å²) in [6.07, 6.45) is 7.99. The predicted molar refractivity (Wildman–Crippen MR) is 131 cm³/mol. The molecule has 1 aliphatic carbocycles. The highest BCUT2D eigenvalue weighted by molar-refractivity contribution is 7.17. The molecular formula is C25H28ClN3O2S. The third kappa shape index (κ3) is 3.73. The van der Waals surface area contributed by atoms with Gasteiger partial charge in [0, 0.05) is 16.8 Å². The first-order valence-corrected chi connectivity index (χ1v) is 12.7. The van der Waals surface area contributed by atoms with Crippen molar-refractivity contribution in [2.24, 2.45) is 0 Å². The van der Waals surface area contributed by atoms with Gasteiger partial charge in [-0.15, -0.1) is 11.3 Å². The van der Waals surface area contributed by atoms with Crippen LogP contribution in [0.25, 0.3) is 10.2 Å². The lowest BCUT2D eigenvalue weighted by Gasteiger charge is -2.44. The maximum atomic E-state index is 13.9. The molecule has 32 heavy (non-hydrogen) atoms. The number of anilines is 1. The van der Waals surface area contributed by atoms with Gasteiger partial charge < -0.3 is 9.88 Å². The number of aromatic nitrogens is 1. The average Bonchev–Trinajstić information content (AvgIpc) is 3.32. The molecule has 0 bridgehead atoms. The molecule has 0 saturated heterocycles. The minimum atomic E-state index is -1.06. The largest absolute Gasteiger partial charge is 0.351 e.